The van der Waals surface area contributed by atoms with Crippen molar-refractivity contribution in [1.29, 1.82) is 0 Å². The molecule has 1 unspecified atom stereocenters. The Morgan fingerprint density at radius 3 is 2.72 bits per heavy atom. The normalized spacial score (nSPS) is 14.5. The zero-order valence-corrected chi connectivity index (χ0v) is 20.3. The Morgan fingerprint density at radius 1 is 1.28 bits per heavy atom. The maximum Gasteiger partial charge on any atom is 0.258 e. The van der Waals surface area contributed by atoms with E-state index in [1.54, 1.807) is 7.05 Å². The largest absolute Gasteiger partial charge is 0.484 e. The van der Waals surface area contributed by atoms with E-state index in [1.807, 2.05) is 24.3 Å². The zero-order chi connectivity index (χ0) is 20.2. The first-order valence-electron chi connectivity index (χ1n) is 10.6. The fourth-order valence-corrected chi connectivity index (χ4v) is 2.98. The molecule has 7 heteroatoms. The van der Waals surface area contributed by atoms with Crippen LogP contribution in [0.25, 0.3) is 0 Å². The smallest absolute Gasteiger partial charge is 0.258 e. The van der Waals surface area contributed by atoms with Crippen molar-refractivity contribution in [2.45, 2.75) is 65.0 Å². The van der Waals surface area contributed by atoms with Crippen LogP contribution in [0.4, 0.5) is 0 Å². The molecule has 164 valence electrons. The highest BCUT2D eigenvalue weighted by atomic mass is 127. The number of carbonyl (C=O) groups is 1. The summed E-state index contributed by atoms with van der Waals surface area (Å²) in [5.41, 5.74) is 1.08. The number of rotatable bonds is 12. The van der Waals surface area contributed by atoms with Crippen LogP contribution < -0.4 is 20.7 Å². The van der Waals surface area contributed by atoms with E-state index in [2.05, 4.69) is 34.8 Å². The van der Waals surface area contributed by atoms with Crippen molar-refractivity contribution in [2.24, 2.45) is 10.9 Å². The Bertz CT molecular complexity index is 635. The molecule has 29 heavy (non-hydrogen) atoms. The molecule has 0 spiro atoms. The van der Waals surface area contributed by atoms with Crippen LogP contribution in [0.3, 0.4) is 0 Å². The number of halogens is 1. The molecule has 3 N–H and O–H groups in total. The number of unbranched alkanes of at least 4 members (excludes halogenated alkanes) is 1. The molecule has 1 saturated carbocycles. The maximum atomic E-state index is 11.8. The van der Waals surface area contributed by atoms with Crippen molar-refractivity contribution in [1.82, 2.24) is 16.0 Å². The Labute approximate surface area is 192 Å². The van der Waals surface area contributed by atoms with Crippen molar-refractivity contribution in [3.63, 3.8) is 0 Å². The van der Waals surface area contributed by atoms with Crippen molar-refractivity contribution < 1.29 is 9.53 Å². The van der Waals surface area contributed by atoms with Gasteiger partial charge in [-0.3, -0.25) is 9.79 Å². The van der Waals surface area contributed by atoms with Gasteiger partial charge in [-0.25, -0.2) is 0 Å². The molecular formula is C22H37IN4O2. The predicted molar refractivity (Wildman–Crippen MR) is 130 cm³/mol. The molecule has 0 heterocycles. The van der Waals surface area contributed by atoms with Crippen LogP contribution >= 0.6 is 24.0 Å². The number of hydrogen-bond acceptors (Lipinski definition) is 3. The summed E-state index contributed by atoms with van der Waals surface area (Å²) in [5.74, 6) is 2.14. The Balaban J connectivity index is 0.00000420. The van der Waals surface area contributed by atoms with E-state index in [9.17, 15) is 4.79 Å². The minimum atomic E-state index is -0.0517. The van der Waals surface area contributed by atoms with Crippen LogP contribution in [0.5, 0.6) is 5.75 Å². The number of carbonyl (C=O) groups excluding carboxylic acids is 1. The number of amides is 1. The number of ether oxygens (including phenoxy) is 1. The summed E-state index contributed by atoms with van der Waals surface area (Å²) >= 11 is 0. The molecule has 1 aromatic carbocycles. The van der Waals surface area contributed by atoms with Crippen LogP contribution in [-0.4, -0.2) is 38.1 Å². The third-order valence-corrected chi connectivity index (χ3v) is 5.00. The molecule has 6 nitrogen and oxygen atoms in total. The summed E-state index contributed by atoms with van der Waals surface area (Å²) in [7, 11) is 1.79. The van der Waals surface area contributed by atoms with Crippen LogP contribution in [0, 0.1) is 5.92 Å². The van der Waals surface area contributed by atoms with E-state index in [0.717, 1.165) is 30.9 Å². The third-order valence-electron chi connectivity index (χ3n) is 5.00. The van der Waals surface area contributed by atoms with Crippen molar-refractivity contribution in [3.05, 3.63) is 29.8 Å². The summed E-state index contributed by atoms with van der Waals surface area (Å²) in [6.07, 6.45) is 7.12. The van der Waals surface area contributed by atoms with Gasteiger partial charge in [-0.1, -0.05) is 45.2 Å². The molecule has 0 saturated heterocycles. The van der Waals surface area contributed by atoms with E-state index in [1.165, 1.54) is 25.7 Å². The highest BCUT2D eigenvalue weighted by Crippen LogP contribution is 2.18. The lowest BCUT2D eigenvalue weighted by atomic mass is 9.99. The van der Waals surface area contributed by atoms with E-state index >= 15 is 0 Å². The fraction of sp³-hybridized carbons (Fsp3) is 0.636. The predicted octanol–water partition coefficient (Wildman–Crippen LogP) is 3.84. The third kappa shape index (κ3) is 10.7. The monoisotopic (exact) mass is 516 g/mol. The average molecular weight is 516 g/mol. The summed E-state index contributed by atoms with van der Waals surface area (Å²) < 4.78 is 5.62. The van der Waals surface area contributed by atoms with Gasteiger partial charge in [0.15, 0.2) is 12.6 Å². The lowest BCUT2D eigenvalue weighted by Gasteiger charge is -2.18. The highest BCUT2D eigenvalue weighted by molar-refractivity contribution is 14.0. The summed E-state index contributed by atoms with van der Waals surface area (Å²) in [6.45, 7) is 6.13. The first kappa shape index (κ1) is 25.5. The van der Waals surface area contributed by atoms with Gasteiger partial charge in [0.25, 0.3) is 5.91 Å². The molecular weight excluding hydrogens is 479 g/mol. The van der Waals surface area contributed by atoms with Gasteiger partial charge in [0.05, 0.1) is 0 Å². The summed E-state index contributed by atoms with van der Waals surface area (Å²) in [6, 6.07) is 8.17. The Hall–Kier alpha value is -1.51. The quantitative estimate of drug-likeness (QED) is 0.224. The molecule has 1 aromatic rings. The van der Waals surface area contributed by atoms with Crippen LogP contribution in [0.1, 0.15) is 57.9 Å². The van der Waals surface area contributed by atoms with E-state index in [4.69, 9.17) is 4.74 Å². The second-order valence-electron chi connectivity index (χ2n) is 7.50. The van der Waals surface area contributed by atoms with Gasteiger partial charge < -0.3 is 20.7 Å². The number of aliphatic imine (C=N–C) groups is 1. The molecule has 0 bridgehead atoms. The van der Waals surface area contributed by atoms with Gasteiger partial charge in [-0.2, -0.15) is 0 Å². The van der Waals surface area contributed by atoms with Gasteiger partial charge in [0.2, 0.25) is 0 Å². The van der Waals surface area contributed by atoms with Crippen molar-refractivity contribution >= 4 is 35.8 Å². The number of hydrogen-bond donors (Lipinski definition) is 3. The minimum Gasteiger partial charge on any atom is -0.484 e. The van der Waals surface area contributed by atoms with Gasteiger partial charge in [-0.15, -0.1) is 24.0 Å². The summed E-state index contributed by atoms with van der Waals surface area (Å²) in [5, 5.41) is 9.71. The van der Waals surface area contributed by atoms with E-state index in [-0.39, 0.29) is 36.5 Å². The number of nitrogens with one attached hydrogen (secondary N) is 3. The second-order valence-corrected chi connectivity index (χ2v) is 7.50. The van der Waals surface area contributed by atoms with Gasteiger partial charge in [0.1, 0.15) is 5.75 Å². The van der Waals surface area contributed by atoms with Gasteiger partial charge >= 0.3 is 0 Å². The minimum absolute atomic E-state index is 0. The summed E-state index contributed by atoms with van der Waals surface area (Å²) in [4.78, 5) is 16.1. The first-order chi connectivity index (χ1) is 13.6. The molecule has 1 aliphatic rings. The fourth-order valence-electron chi connectivity index (χ4n) is 2.98. The first-order valence-corrected chi connectivity index (χ1v) is 10.6. The van der Waals surface area contributed by atoms with Gasteiger partial charge in [0, 0.05) is 26.2 Å². The Kier molecular flexibility index (Phi) is 12.7. The second kappa shape index (κ2) is 14.5. The highest BCUT2D eigenvalue weighted by Gasteiger charge is 2.23. The van der Waals surface area contributed by atoms with Crippen LogP contribution in [0.15, 0.2) is 29.3 Å². The zero-order valence-electron chi connectivity index (χ0n) is 18.0. The average Bonchev–Trinajstić information content (AvgIpc) is 3.53. The molecule has 0 radical (unpaired) electrons. The van der Waals surface area contributed by atoms with Crippen molar-refractivity contribution in [3.8, 4) is 5.75 Å². The van der Waals surface area contributed by atoms with Gasteiger partial charge in [-0.05, 0) is 42.9 Å². The molecule has 1 aliphatic carbocycles. The van der Waals surface area contributed by atoms with E-state index < -0.39 is 0 Å². The SMILES string of the molecule is CCCCC(CC)CNC(=NC)NCc1cccc(OCC(=O)NC2CC2)c1.I. The lowest BCUT2D eigenvalue weighted by molar-refractivity contribution is -0.123. The number of nitrogens with zero attached hydrogens (tertiary/aromatic N) is 1. The molecule has 1 amide bonds. The van der Waals surface area contributed by atoms with Crippen molar-refractivity contribution in [2.75, 3.05) is 20.2 Å². The standard InChI is InChI=1S/C22H36N4O2.HI/c1-4-6-8-17(5-2)14-24-22(23-3)25-15-18-9-7-10-20(13-18)28-16-21(27)26-19-11-12-19;/h7,9-10,13,17,19H,4-6,8,11-12,14-16H2,1-3H3,(H,26,27)(H2,23,24,25);1H. The lowest BCUT2D eigenvalue weighted by Crippen LogP contribution is -2.39. The number of guanidine groups is 1. The Morgan fingerprint density at radius 2 is 2.07 bits per heavy atom. The maximum absolute atomic E-state index is 11.8. The molecule has 0 aromatic heterocycles. The van der Waals surface area contributed by atoms with Crippen LogP contribution in [0.2, 0.25) is 0 Å². The van der Waals surface area contributed by atoms with Crippen LogP contribution in [-0.2, 0) is 11.3 Å². The molecule has 1 atom stereocenters. The molecule has 2 rings (SSSR count). The molecule has 1 fully saturated rings. The molecule has 0 aliphatic heterocycles. The van der Waals surface area contributed by atoms with E-state index in [0.29, 0.717) is 24.3 Å². The number of benzene rings is 1. The topological polar surface area (TPSA) is 74.8 Å².